The Morgan fingerprint density at radius 2 is 2.28 bits per heavy atom. The van der Waals surface area contributed by atoms with E-state index in [1.807, 2.05) is 32.3 Å². The Morgan fingerprint density at radius 1 is 1.50 bits per heavy atom. The summed E-state index contributed by atoms with van der Waals surface area (Å²) in [6, 6.07) is 2.00. The average Bonchev–Trinajstić information content (AvgIpc) is 3.03. The predicted octanol–water partition coefficient (Wildman–Crippen LogP) is 2.58. The number of hydrogen-bond donors (Lipinski definition) is 1. The van der Waals surface area contributed by atoms with Crippen LogP contribution < -0.4 is 0 Å². The lowest BCUT2D eigenvalue weighted by molar-refractivity contribution is 0.154. The summed E-state index contributed by atoms with van der Waals surface area (Å²) < 4.78 is 7.23. The molecule has 1 fully saturated rings. The first-order valence-corrected chi connectivity index (χ1v) is 6.40. The van der Waals surface area contributed by atoms with E-state index in [1.54, 1.807) is 0 Å². The Labute approximate surface area is 106 Å². The van der Waals surface area contributed by atoms with E-state index in [4.69, 9.17) is 4.52 Å². The van der Waals surface area contributed by atoms with Crippen LogP contribution in [0.3, 0.4) is 0 Å². The molecule has 3 rings (SSSR count). The fraction of sp³-hybridized carbons (Fsp3) is 0.500. The SMILES string of the molecule is Cc1noc(C)c1Cn1ccc(C(O)C2CC2)c1. The van der Waals surface area contributed by atoms with Crippen molar-refractivity contribution in [3.63, 3.8) is 0 Å². The minimum absolute atomic E-state index is 0.295. The highest BCUT2D eigenvalue weighted by atomic mass is 16.5. The Morgan fingerprint density at radius 3 is 2.89 bits per heavy atom. The molecule has 0 radical (unpaired) electrons. The molecule has 1 atom stereocenters. The molecule has 1 aliphatic carbocycles. The fourth-order valence-corrected chi connectivity index (χ4v) is 2.33. The number of aryl methyl sites for hydroxylation is 2. The molecule has 0 aliphatic heterocycles. The number of aliphatic hydroxyl groups excluding tert-OH is 1. The number of rotatable bonds is 4. The summed E-state index contributed by atoms with van der Waals surface area (Å²) in [5, 5.41) is 14.0. The van der Waals surface area contributed by atoms with Crippen LogP contribution in [0, 0.1) is 19.8 Å². The van der Waals surface area contributed by atoms with Crippen LogP contribution in [0.1, 0.15) is 41.5 Å². The number of aliphatic hydroxyl groups is 1. The summed E-state index contributed by atoms with van der Waals surface area (Å²) in [5.41, 5.74) is 3.08. The van der Waals surface area contributed by atoms with E-state index in [0.717, 1.165) is 42.0 Å². The van der Waals surface area contributed by atoms with Crippen LogP contribution in [-0.2, 0) is 6.54 Å². The van der Waals surface area contributed by atoms with Gasteiger partial charge in [-0.05, 0) is 44.2 Å². The Balaban J connectivity index is 1.77. The summed E-state index contributed by atoms with van der Waals surface area (Å²) in [7, 11) is 0. The molecule has 1 aliphatic rings. The normalized spacial score (nSPS) is 17.1. The van der Waals surface area contributed by atoms with E-state index in [0.29, 0.717) is 5.92 Å². The zero-order valence-electron chi connectivity index (χ0n) is 10.8. The Bertz CT molecular complexity index is 532. The van der Waals surface area contributed by atoms with Gasteiger partial charge in [-0.2, -0.15) is 0 Å². The van der Waals surface area contributed by atoms with Gasteiger partial charge in [-0.1, -0.05) is 5.16 Å². The van der Waals surface area contributed by atoms with Crippen molar-refractivity contribution in [3.05, 3.63) is 41.0 Å². The van der Waals surface area contributed by atoms with Crippen LogP contribution in [0.4, 0.5) is 0 Å². The van der Waals surface area contributed by atoms with E-state index in [-0.39, 0.29) is 6.10 Å². The average molecular weight is 246 g/mol. The fourth-order valence-electron chi connectivity index (χ4n) is 2.33. The van der Waals surface area contributed by atoms with Crippen molar-refractivity contribution in [3.8, 4) is 0 Å². The molecule has 0 amide bonds. The minimum atomic E-state index is -0.295. The van der Waals surface area contributed by atoms with Gasteiger partial charge in [-0.3, -0.25) is 0 Å². The zero-order valence-corrected chi connectivity index (χ0v) is 10.8. The first-order valence-electron chi connectivity index (χ1n) is 6.40. The molecule has 2 aromatic rings. The number of hydrogen-bond acceptors (Lipinski definition) is 3. The molecule has 0 spiro atoms. The molecule has 2 aromatic heterocycles. The van der Waals surface area contributed by atoms with Crippen LogP contribution in [0.15, 0.2) is 23.0 Å². The van der Waals surface area contributed by atoms with Crippen molar-refractivity contribution in [1.82, 2.24) is 9.72 Å². The molecule has 4 heteroatoms. The molecule has 1 unspecified atom stereocenters. The second-order valence-corrected chi connectivity index (χ2v) is 5.20. The second kappa shape index (κ2) is 4.28. The van der Waals surface area contributed by atoms with Crippen molar-refractivity contribution in [2.24, 2.45) is 5.92 Å². The highest BCUT2D eigenvalue weighted by Gasteiger charge is 2.31. The number of nitrogens with zero attached hydrogens (tertiary/aromatic N) is 2. The summed E-state index contributed by atoms with van der Waals surface area (Å²) in [4.78, 5) is 0. The van der Waals surface area contributed by atoms with Gasteiger partial charge >= 0.3 is 0 Å². The first kappa shape index (κ1) is 11.5. The van der Waals surface area contributed by atoms with Gasteiger partial charge in [0.2, 0.25) is 0 Å². The topological polar surface area (TPSA) is 51.2 Å². The maximum atomic E-state index is 10.1. The molecule has 0 saturated heterocycles. The van der Waals surface area contributed by atoms with E-state index >= 15 is 0 Å². The molecule has 18 heavy (non-hydrogen) atoms. The monoisotopic (exact) mass is 246 g/mol. The predicted molar refractivity (Wildman–Crippen MR) is 67.2 cm³/mol. The third-order valence-electron chi connectivity index (χ3n) is 3.71. The van der Waals surface area contributed by atoms with E-state index in [2.05, 4.69) is 9.72 Å². The second-order valence-electron chi connectivity index (χ2n) is 5.20. The van der Waals surface area contributed by atoms with E-state index in [9.17, 15) is 5.11 Å². The standard InChI is InChI=1S/C14H18N2O2/c1-9-13(10(2)18-15-9)8-16-6-5-12(7-16)14(17)11-3-4-11/h5-7,11,14,17H,3-4,8H2,1-2H3. The van der Waals surface area contributed by atoms with Gasteiger partial charge in [-0.15, -0.1) is 0 Å². The van der Waals surface area contributed by atoms with Gasteiger partial charge in [0, 0.05) is 18.0 Å². The highest BCUT2D eigenvalue weighted by Crippen LogP contribution is 2.40. The Hall–Kier alpha value is -1.55. The van der Waals surface area contributed by atoms with Crippen LogP contribution in [0.25, 0.3) is 0 Å². The van der Waals surface area contributed by atoms with Crippen LogP contribution in [0.5, 0.6) is 0 Å². The maximum absolute atomic E-state index is 10.1. The third kappa shape index (κ3) is 2.08. The van der Waals surface area contributed by atoms with Gasteiger partial charge in [0.25, 0.3) is 0 Å². The van der Waals surface area contributed by atoms with Gasteiger partial charge in [0.05, 0.1) is 18.3 Å². The lowest BCUT2D eigenvalue weighted by atomic mass is 10.1. The van der Waals surface area contributed by atoms with Gasteiger partial charge in [0.15, 0.2) is 0 Å². The highest BCUT2D eigenvalue weighted by molar-refractivity contribution is 5.23. The van der Waals surface area contributed by atoms with E-state index in [1.165, 1.54) is 0 Å². The molecule has 96 valence electrons. The summed E-state index contributed by atoms with van der Waals surface area (Å²) in [6.07, 6.45) is 6.03. The summed E-state index contributed by atoms with van der Waals surface area (Å²) in [5.74, 6) is 1.34. The minimum Gasteiger partial charge on any atom is -0.388 e. The molecule has 1 saturated carbocycles. The third-order valence-corrected chi connectivity index (χ3v) is 3.71. The Kier molecular flexibility index (Phi) is 2.74. The molecular weight excluding hydrogens is 228 g/mol. The van der Waals surface area contributed by atoms with Crippen LogP contribution >= 0.6 is 0 Å². The summed E-state index contributed by atoms with van der Waals surface area (Å²) in [6.45, 7) is 4.63. The van der Waals surface area contributed by atoms with E-state index < -0.39 is 0 Å². The van der Waals surface area contributed by atoms with Crippen LogP contribution in [-0.4, -0.2) is 14.8 Å². The first-order chi connectivity index (χ1) is 8.65. The lowest BCUT2D eigenvalue weighted by Crippen LogP contribution is -2.00. The number of aromatic nitrogens is 2. The molecule has 2 heterocycles. The van der Waals surface area contributed by atoms with Crippen molar-refractivity contribution in [2.45, 2.75) is 39.3 Å². The molecule has 1 N–H and O–H groups in total. The summed E-state index contributed by atoms with van der Waals surface area (Å²) >= 11 is 0. The van der Waals surface area contributed by atoms with Crippen molar-refractivity contribution in [2.75, 3.05) is 0 Å². The van der Waals surface area contributed by atoms with Gasteiger partial charge in [0.1, 0.15) is 5.76 Å². The quantitative estimate of drug-likeness (QED) is 0.902. The smallest absolute Gasteiger partial charge is 0.138 e. The van der Waals surface area contributed by atoms with Crippen LogP contribution in [0.2, 0.25) is 0 Å². The largest absolute Gasteiger partial charge is 0.388 e. The zero-order chi connectivity index (χ0) is 12.7. The molecule has 4 nitrogen and oxygen atoms in total. The molecule has 0 bridgehead atoms. The van der Waals surface area contributed by atoms with Crippen molar-refractivity contribution in [1.29, 1.82) is 0 Å². The molecular formula is C14H18N2O2. The molecule has 0 aromatic carbocycles. The van der Waals surface area contributed by atoms with Crippen molar-refractivity contribution < 1.29 is 9.63 Å². The van der Waals surface area contributed by atoms with Crippen molar-refractivity contribution >= 4 is 0 Å². The van der Waals surface area contributed by atoms with Gasteiger partial charge < -0.3 is 14.2 Å². The lowest BCUT2D eigenvalue weighted by Gasteiger charge is -2.06. The maximum Gasteiger partial charge on any atom is 0.138 e. The van der Waals surface area contributed by atoms with Gasteiger partial charge in [-0.25, -0.2) is 0 Å².